The van der Waals surface area contributed by atoms with Gasteiger partial charge in [0.1, 0.15) is 41.6 Å². The van der Waals surface area contributed by atoms with Gasteiger partial charge in [-0.2, -0.15) is 10.4 Å². The van der Waals surface area contributed by atoms with Gasteiger partial charge in [-0.15, -0.1) is 0 Å². The molecular formula is C30H32N6O5S. The van der Waals surface area contributed by atoms with Crippen LogP contribution in [0.4, 0.5) is 5.82 Å². The molecule has 0 aliphatic heterocycles. The van der Waals surface area contributed by atoms with E-state index >= 15 is 0 Å². The molecule has 2 atom stereocenters. The molecule has 218 valence electrons. The minimum absolute atomic E-state index is 0.0654. The number of sulfonamides is 1. The van der Waals surface area contributed by atoms with Gasteiger partial charge in [-0.3, -0.25) is 4.68 Å². The molecule has 2 aromatic heterocycles. The van der Waals surface area contributed by atoms with Crippen LogP contribution in [0.2, 0.25) is 0 Å². The molecule has 0 N–H and O–H groups in total. The molecule has 11 nitrogen and oxygen atoms in total. The van der Waals surface area contributed by atoms with E-state index in [0.717, 1.165) is 35.7 Å². The SMILES string of the molecule is COc1ccc(CN(c2ccncn2)S(=O)(=O)c2ccc(O[C@H]3CCCC[C@@H]3c3ccnn3C)c(C#N)c2)c(OC)c1. The number of benzene rings is 2. The van der Waals surface area contributed by atoms with E-state index in [9.17, 15) is 13.7 Å². The average molecular weight is 589 g/mol. The number of rotatable bonds is 10. The van der Waals surface area contributed by atoms with E-state index in [1.54, 1.807) is 37.6 Å². The molecule has 0 amide bonds. The zero-order valence-electron chi connectivity index (χ0n) is 23.7. The number of hydrogen-bond acceptors (Lipinski definition) is 9. The largest absolute Gasteiger partial charge is 0.497 e. The zero-order chi connectivity index (χ0) is 29.7. The van der Waals surface area contributed by atoms with E-state index in [-0.39, 0.29) is 34.8 Å². The minimum Gasteiger partial charge on any atom is -0.497 e. The second-order valence-electron chi connectivity index (χ2n) is 9.95. The fraction of sp³-hybridized carbons (Fsp3) is 0.333. The summed E-state index contributed by atoms with van der Waals surface area (Å²) >= 11 is 0. The molecule has 1 fully saturated rings. The first-order chi connectivity index (χ1) is 20.3. The summed E-state index contributed by atoms with van der Waals surface area (Å²) in [5.41, 5.74) is 1.81. The monoisotopic (exact) mass is 588 g/mol. The summed E-state index contributed by atoms with van der Waals surface area (Å²) in [4.78, 5) is 8.07. The number of nitrogens with zero attached hydrogens (tertiary/aromatic N) is 6. The van der Waals surface area contributed by atoms with E-state index in [2.05, 4.69) is 21.1 Å². The molecule has 1 aliphatic carbocycles. The molecule has 0 spiro atoms. The molecule has 1 saturated carbocycles. The van der Waals surface area contributed by atoms with Gasteiger partial charge in [0.2, 0.25) is 0 Å². The summed E-state index contributed by atoms with van der Waals surface area (Å²) in [5.74, 6) is 1.67. The first-order valence-electron chi connectivity index (χ1n) is 13.5. The molecule has 0 radical (unpaired) electrons. The quantitative estimate of drug-likeness (QED) is 0.261. The Morgan fingerprint density at radius 1 is 1.02 bits per heavy atom. The molecule has 1 aliphatic rings. The summed E-state index contributed by atoms with van der Waals surface area (Å²) in [5, 5.41) is 14.3. The Labute approximate surface area is 245 Å². The van der Waals surface area contributed by atoms with Gasteiger partial charge in [-0.1, -0.05) is 6.42 Å². The van der Waals surface area contributed by atoms with Crippen molar-refractivity contribution in [1.82, 2.24) is 19.7 Å². The molecule has 42 heavy (non-hydrogen) atoms. The van der Waals surface area contributed by atoms with Crippen LogP contribution < -0.4 is 18.5 Å². The van der Waals surface area contributed by atoms with Crippen molar-refractivity contribution in [3.05, 3.63) is 84.1 Å². The van der Waals surface area contributed by atoms with E-state index in [1.807, 2.05) is 17.8 Å². The molecule has 2 aromatic carbocycles. The molecule has 0 bridgehead atoms. The van der Waals surface area contributed by atoms with E-state index in [0.29, 0.717) is 22.8 Å². The third-order valence-corrected chi connectivity index (χ3v) is 9.26. The molecule has 2 heterocycles. The van der Waals surface area contributed by atoms with Crippen LogP contribution in [0.5, 0.6) is 17.2 Å². The van der Waals surface area contributed by atoms with E-state index < -0.39 is 10.0 Å². The van der Waals surface area contributed by atoms with Crippen molar-refractivity contribution in [1.29, 1.82) is 5.26 Å². The number of ether oxygens (including phenoxy) is 3. The Kier molecular flexibility index (Phi) is 8.59. The van der Waals surface area contributed by atoms with Crippen molar-refractivity contribution in [3.8, 4) is 23.3 Å². The predicted molar refractivity (Wildman–Crippen MR) is 155 cm³/mol. The van der Waals surface area contributed by atoms with Crippen LogP contribution in [0.3, 0.4) is 0 Å². The summed E-state index contributed by atoms with van der Waals surface area (Å²) in [6.45, 7) is -0.0822. The van der Waals surface area contributed by atoms with Crippen LogP contribution in [-0.4, -0.2) is 48.5 Å². The molecule has 4 aromatic rings. The van der Waals surface area contributed by atoms with Gasteiger partial charge < -0.3 is 14.2 Å². The molecule has 12 heteroatoms. The lowest BCUT2D eigenvalue weighted by atomic mass is 9.84. The zero-order valence-corrected chi connectivity index (χ0v) is 24.5. The number of aromatic nitrogens is 4. The first kappa shape index (κ1) is 28.9. The molecule has 0 saturated heterocycles. The van der Waals surface area contributed by atoms with Gasteiger partial charge in [0, 0.05) is 48.7 Å². The highest BCUT2D eigenvalue weighted by atomic mass is 32.2. The van der Waals surface area contributed by atoms with Crippen LogP contribution in [0, 0.1) is 11.3 Å². The molecular weight excluding hydrogens is 556 g/mol. The van der Waals surface area contributed by atoms with Crippen molar-refractivity contribution in [3.63, 3.8) is 0 Å². The maximum Gasteiger partial charge on any atom is 0.265 e. The highest BCUT2D eigenvalue weighted by molar-refractivity contribution is 7.92. The lowest BCUT2D eigenvalue weighted by Gasteiger charge is -2.32. The predicted octanol–water partition coefficient (Wildman–Crippen LogP) is 4.60. The Morgan fingerprint density at radius 3 is 2.55 bits per heavy atom. The summed E-state index contributed by atoms with van der Waals surface area (Å²) < 4.78 is 48.4. The maximum atomic E-state index is 14.1. The lowest BCUT2D eigenvalue weighted by Crippen LogP contribution is -2.32. The maximum absolute atomic E-state index is 14.1. The van der Waals surface area contributed by atoms with Gasteiger partial charge in [0.25, 0.3) is 10.0 Å². The fourth-order valence-electron chi connectivity index (χ4n) is 5.33. The van der Waals surface area contributed by atoms with E-state index in [1.165, 1.54) is 37.8 Å². The van der Waals surface area contributed by atoms with Crippen molar-refractivity contribution >= 4 is 15.8 Å². The summed E-state index contributed by atoms with van der Waals surface area (Å²) in [6, 6.07) is 15.2. The summed E-state index contributed by atoms with van der Waals surface area (Å²) in [7, 11) is 0.766. The Morgan fingerprint density at radius 2 is 1.86 bits per heavy atom. The Hall–Kier alpha value is -4.63. The number of hydrogen-bond donors (Lipinski definition) is 0. The Balaban J connectivity index is 1.48. The standard InChI is InChI=1S/C30H32N6O5S/c1-35-26(12-15-34-35)25-6-4-5-7-28(25)41-27-11-10-24(16-22(27)18-31)42(37,38)36(30-13-14-32-20-33-30)19-21-8-9-23(39-2)17-29(21)40-3/h8-17,20,25,28H,4-7,19H2,1-3H3/t25-,28+/m1/s1. The van der Waals surface area contributed by atoms with Gasteiger partial charge in [-0.05, 0) is 55.7 Å². The fourth-order valence-corrected chi connectivity index (χ4v) is 6.76. The number of anilines is 1. The van der Waals surface area contributed by atoms with Crippen molar-refractivity contribution < 1.29 is 22.6 Å². The van der Waals surface area contributed by atoms with Crippen LogP contribution in [0.25, 0.3) is 0 Å². The molecule has 5 rings (SSSR count). The normalized spacial score (nSPS) is 16.8. The number of nitriles is 1. The topological polar surface area (TPSA) is 132 Å². The van der Waals surface area contributed by atoms with Crippen LogP contribution in [0.15, 0.2) is 72.1 Å². The van der Waals surface area contributed by atoms with Crippen LogP contribution >= 0.6 is 0 Å². The third-order valence-electron chi connectivity index (χ3n) is 7.51. The summed E-state index contributed by atoms with van der Waals surface area (Å²) in [6.07, 6.45) is 8.22. The minimum atomic E-state index is -4.19. The van der Waals surface area contributed by atoms with Gasteiger partial charge >= 0.3 is 0 Å². The van der Waals surface area contributed by atoms with Gasteiger partial charge in [0.05, 0.1) is 31.2 Å². The third kappa shape index (κ3) is 5.87. The van der Waals surface area contributed by atoms with Gasteiger partial charge in [-0.25, -0.2) is 22.7 Å². The van der Waals surface area contributed by atoms with Crippen LogP contribution in [-0.2, 0) is 23.6 Å². The Bertz CT molecular complexity index is 1690. The highest BCUT2D eigenvalue weighted by Crippen LogP contribution is 2.37. The highest BCUT2D eigenvalue weighted by Gasteiger charge is 2.32. The second-order valence-corrected chi connectivity index (χ2v) is 11.8. The second kappa shape index (κ2) is 12.5. The van der Waals surface area contributed by atoms with Crippen LogP contribution in [0.1, 0.15) is 48.4 Å². The lowest BCUT2D eigenvalue weighted by molar-refractivity contribution is 0.126. The number of methoxy groups -OCH3 is 2. The van der Waals surface area contributed by atoms with E-state index in [4.69, 9.17) is 14.2 Å². The average Bonchev–Trinajstić information content (AvgIpc) is 3.45. The van der Waals surface area contributed by atoms with Crippen molar-refractivity contribution in [2.75, 3.05) is 18.5 Å². The number of aryl methyl sites for hydroxylation is 1. The first-order valence-corrected chi connectivity index (χ1v) is 15.0. The van der Waals surface area contributed by atoms with Gasteiger partial charge in [0.15, 0.2) is 0 Å². The van der Waals surface area contributed by atoms with Crippen molar-refractivity contribution in [2.45, 2.75) is 49.1 Å². The molecule has 0 unspecified atom stereocenters. The van der Waals surface area contributed by atoms with Crippen molar-refractivity contribution in [2.24, 2.45) is 7.05 Å². The smallest absolute Gasteiger partial charge is 0.265 e.